The third kappa shape index (κ3) is 2.90. The third-order valence-corrected chi connectivity index (χ3v) is 6.98. The van der Waals surface area contributed by atoms with E-state index in [4.69, 9.17) is 4.98 Å². The average molecular weight is 359 g/mol. The number of carbonyl (C=O) groups is 1. The number of fused-ring (bicyclic) bond motifs is 2. The smallest absolute Gasteiger partial charge is 0.262 e. The van der Waals surface area contributed by atoms with Gasteiger partial charge in [-0.2, -0.15) is 0 Å². The summed E-state index contributed by atoms with van der Waals surface area (Å²) in [5.74, 6) is 1.35. The molecule has 0 spiro atoms. The number of hydrogen-bond donors (Lipinski definition) is 1. The van der Waals surface area contributed by atoms with Crippen molar-refractivity contribution in [1.29, 1.82) is 0 Å². The molecule has 4 rings (SSSR count). The van der Waals surface area contributed by atoms with Crippen LogP contribution in [0.3, 0.4) is 0 Å². The van der Waals surface area contributed by atoms with Gasteiger partial charge in [-0.25, -0.2) is 4.98 Å². The standard InChI is InChI=1S/C19H25N3O2S/c1-11-7-3-4-8-13(11)20-17(23)16-12(2)15-18(25-16)21-14-9-5-6-10-22(14)19(15)24/h11,13H,3-10H2,1-2H3,(H,20,23). The summed E-state index contributed by atoms with van der Waals surface area (Å²) in [7, 11) is 0. The molecule has 1 fully saturated rings. The van der Waals surface area contributed by atoms with Crippen molar-refractivity contribution in [3.8, 4) is 0 Å². The zero-order valence-electron chi connectivity index (χ0n) is 14.9. The Morgan fingerprint density at radius 1 is 1.24 bits per heavy atom. The van der Waals surface area contributed by atoms with Gasteiger partial charge in [-0.3, -0.25) is 14.2 Å². The van der Waals surface area contributed by atoms with E-state index in [0.717, 1.165) is 48.4 Å². The number of hydrogen-bond acceptors (Lipinski definition) is 4. The molecule has 0 bridgehead atoms. The maximum Gasteiger partial charge on any atom is 0.262 e. The van der Waals surface area contributed by atoms with Gasteiger partial charge in [-0.15, -0.1) is 11.3 Å². The van der Waals surface area contributed by atoms with Gasteiger partial charge in [-0.1, -0.05) is 19.8 Å². The highest BCUT2D eigenvalue weighted by atomic mass is 32.1. The Hall–Kier alpha value is -1.69. The first-order chi connectivity index (χ1) is 12.1. The SMILES string of the molecule is Cc1c(C(=O)NC2CCCCC2C)sc2nc3n(c(=O)c12)CCCC3. The summed E-state index contributed by atoms with van der Waals surface area (Å²) in [6, 6.07) is 0.244. The van der Waals surface area contributed by atoms with Crippen LogP contribution < -0.4 is 10.9 Å². The minimum atomic E-state index is -0.0402. The first-order valence-corrected chi connectivity index (χ1v) is 10.2. The quantitative estimate of drug-likeness (QED) is 0.894. The summed E-state index contributed by atoms with van der Waals surface area (Å²) in [6.07, 6.45) is 7.60. The fourth-order valence-corrected chi connectivity index (χ4v) is 5.31. The van der Waals surface area contributed by atoms with Crippen molar-refractivity contribution in [2.45, 2.75) is 71.4 Å². The minimum absolute atomic E-state index is 0.0264. The second kappa shape index (κ2) is 6.56. The predicted octanol–water partition coefficient (Wildman–Crippen LogP) is 3.41. The monoisotopic (exact) mass is 359 g/mol. The van der Waals surface area contributed by atoms with Crippen LogP contribution in [0.4, 0.5) is 0 Å². The molecule has 0 aromatic carbocycles. The summed E-state index contributed by atoms with van der Waals surface area (Å²) >= 11 is 1.37. The van der Waals surface area contributed by atoms with Gasteiger partial charge < -0.3 is 5.32 Å². The molecule has 1 amide bonds. The van der Waals surface area contributed by atoms with Crippen molar-refractivity contribution in [2.24, 2.45) is 5.92 Å². The molecule has 1 N–H and O–H groups in total. The molecule has 2 unspecified atom stereocenters. The molecule has 2 atom stereocenters. The summed E-state index contributed by atoms with van der Waals surface area (Å²) in [4.78, 5) is 31.8. The van der Waals surface area contributed by atoms with Crippen LogP contribution in [0.2, 0.25) is 0 Å². The molecule has 2 aromatic heterocycles. The van der Waals surface area contributed by atoms with Gasteiger partial charge in [0.25, 0.3) is 11.5 Å². The van der Waals surface area contributed by atoms with Gasteiger partial charge in [0.15, 0.2) is 0 Å². The number of thiophene rings is 1. The normalized spacial score (nSPS) is 23.4. The van der Waals surface area contributed by atoms with Gasteiger partial charge in [0.05, 0.1) is 10.3 Å². The Bertz CT molecular complexity index is 883. The van der Waals surface area contributed by atoms with E-state index >= 15 is 0 Å². The lowest BCUT2D eigenvalue weighted by Crippen LogP contribution is -2.41. The highest BCUT2D eigenvalue weighted by molar-refractivity contribution is 7.20. The van der Waals surface area contributed by atoms with E-state index in [0.29, 0.717) is 16.2 Å². The molecule has 3 heterocycles. The highest BCUT2D eigenvalue weighted by Gasteiger charge is 2.27. The van der Waals surface area contributed by atoms with Crippen molar-refractivity contribution in [3.63, 3.8) is 0 Å². The topological polar surface area (TPSA) is 64.0 Å². The molecule has 0 saturated heterocycles. The maximum absolute atomic E-state index is 12.9. The zero-order valence-corrected chi connectivity index (χ0v) is 15.7. The second-order valence-electron chi connectivity index (χ2n) is 7.52. The van der Waals surface area contributed by atoms with Gasteiger partial charge in [0.1, 0.15) is 10.7 Å². The molecule has 134 valence electrons. The molecule has 5 nitrogen and oxygen atoms in total. The van der Waals surface area contributed by atoms with E-state index in [1.54, 1.807) is 4.57 Å². The van der Waals surface area contributed by atoms with Gasteiger partial charge in [-0.05, 0) is 44.1 Å². The van der Waals surface area contributed by atoms with Crippen LogP contribution in [0.25, 0.3) is 10.2 Å². The van der Waals surface area contributed by atoms with E-state index < -0.39 is 0 Å². The van der Waals surface area contributed by atoms with Crippen molar-refractivity contribution in [3.05, 3.63) is 26.6 Å². The molecule has 2 aromatic rings. The first kappa shape index (κ1) is 16.8. The molecule has 6 heteroatoms. The lowest BCUT2D eigenvalue weighted by Gasteiger charge is -2.29. The fourth-order valence-electron chi connectivity index (χ4n) is 4.21. The third-order valence-electron chi connectivity index (χ3n) is 5.80. The van der Waals surface area contributed by atoms with Gasteiger partial charge in [0, 0.05) is 19.0 Å². The number of rotatable bonds is 2. The Balaban J connectivity index is 1.70. The Morgan fingerprint density at radius 3 is 2.84 bits per heavy atom. The van der Waals surface area contributed by atoms with Crippen LogP contribution in [0.15, 0.2) is 4.79 Å². The van der Waals surface area contributed by atoms with Crippen molar-refractivity contribution >= 4 is 27.5 Å². The van der Waals surface area contributed by atoms with Crippen LogP contribution in [-0.2, 0) is 13.0 Å². The van der Waals surface area contributed by atoms with Gasteiger partial charge >= 0.3 is 0 Å². The van der Waals surface area contributed by atoms with E-state index in [2.05, 4.69) is 12.2 Å². The van der Waals surface area contributed by atoms with Crippen molar-refractivity contribution < 1.29 is 4.79 Å². The number of aromatic nitrogens is 2. The number of nitrogens with one attached hydrogen (secondary N) is 1. The number of nitrogens with zero attached hydrogens (tertiary/aromatic N) is 2. The Kier molecular flexibility index (Phi) is 4.40. The molecular weight excluding hydrogens is 334 g/mol. The molecule has 0 radical (unpaired) electrons. The largest absolute Gasteiger partial charge is 0.348 e. The van der Waals surface area contributed by atoms with E-state index in [1.807, 2.05) is 6.92 Å². The lowest BCUT2D eigenvalue weighted by molar-refractivity contribution is 0.0914. The maximum atomic E-state index is 12.9. The van der Waals surface area contributed by atoms with Gasteiger partial charge in [0.2, 0.25) is 0 Å². The highest BCUT2D eigenvalue weighted by Crippen LogP contribution is 2.30. The number of aryl methyl sites for hydroxylation is 2. The molecular formula is C19H25N3O2S. The van der Waals surface area contributed by atoms with Crippen LogP contribution in [0, 0.1) is 12.8 Å². The Labute approximate surface area is 151 Å². The summed E-state index contributed by atoms with van der Waals surface area (Å²) in [5, 5.41) is 3.85. The van der Waals surface area contributed by atoms with Crippen LogP contribution in [0.1, 0.15) is 66.5 Å². The van der Waals surface area contributed by atoms with Crippen LogP contribution in [0.5, 0.6) is 0 Å². The number of amides is 1. The lowest BCUT2D eigenvalue weighted by atomic mass is 9.86. The molecule has 2 aliphatic rings. The minimum Gasteiger partial charge on any atom is -0.348 e. The molecule has 1 aliphatic heterocycles. The Morgan fingerprint density at radius 2 is 2.04 bits per heavy atom. The van der Waals surface area contributed by atoms with Crippen LogP contribution in [-0.4, -0.2) is 21.5 Å². The fraction of sp³-hybridized carbons (Fsp3) is 0.632. The van der Waals surface area contributed by atoms with E-state index in [1.165, 1.54) is 30.6 Å². The molecule has 1 saturated carbocycles. The first-order valence-electron chi connectivity index (χ1n) is 9.40. The zero-order chi connectivity index (χ0) is 17.6. The van der Waals surface area contributed by atoms with Crippen LogP contribution >= 0.6 is 11.3 Å². The predicted molar refractivity (Wildman–Crippen MR) is 100 cm³/mol. The van der Waals surface area contributed by atoms with E-state index in [9.17, 15) is 9.59 Å². The molecule has 25 heavy (non-hydrogen) atoms. The second-order valence-corrected chi connectivity index (χ2v) is 8.52. The van der Waals surface area contributed by atoms with Crippen molar-refractivity contribution in [2.75, 3.05) is 0 Å². The van der Waals surface area contributed by atoms with E-state index in [-0.39, 0.29) is 17.5 Å². The van der Waals surface area contributed by atoms with Crippen molar-refractivity contribution in [1.82, 2.24) is 14.9 Å². The summed E-state index contributed by atoms with van der Waals surface area (Å²) < 4.78 is 1.80. The average Bonchev–Trinajstić information content (AvgIpc) is 2.94. The summed E-state index contributed by atoms with van der Waals surface area (Å²) in [6.45, 7) is 4.84. The number of carbonyl (C=O) groups excluding carboxylic acids is 1. The summed E-state index contributed by atoms with van der Waals surface area (Å²) in [5.41, 5.74) is 0.817. The molecule has 1 aliphatic carbocycles.